The topological polar surface area (TPSA) is 125 Å². The first-order chi connectivity index (χ1) is 12.3. The quantitative estimate of drug-likeness (QED) is 0.562. The Morgan fingerprint density at radius 3 is 2.38 bits per heavy atom. The Kier molecular flexibility index (Phi) is 6.31. The Balaban J connectivity index is 2.07. The molecule has 9 heteroatoms. The molecular formula is C17H19N3O5S. The number of aromatic hydroxyl groups is 1. The summed E-state index contributed by atoms with van der Waals surface area (Å²) in [6.07, 6.45) is 0.637. The van der Waals surface area contributed by atoms with Crippen LogP contribution in [-0.2, 0) is 10.0 Å². The molecule has 138 valence electrons. The Bertz CT molecular complexity index is 912. The molecule has 0 spiro atoms. The average Bonchev–Trinajstić information content (AvgIpc) is 2.64. The molecule has 0 atom stereocenters. The van der Waals surface area contributed by atoms with Gasteiger partial charge in [-0.1, -0.05) is 25.1 Å². The smallest absolute Gasteiger partial charge is 0.273 e. The lowest BCUT2D eigenvalue weighted by Crippen LogP contribution is -2.41. The van der Waals surface area contributed by atoms with Crippen molar-refractivity contribution in [2.45, 2.75) is 18.2 Å². The van der Waals surface area contributed by atoms with Crippen molar-refractivity contribution in [2.24, 2.45) is 0 Å². The highest BCUT2D eigenvalue weighted by Gasteiger charge is 2.16. The first-order valence-corrected chi connectivity index (χ1v) is 9.32. The van der Waals surface area contributed by atoms with E-state index in [1.165, 1.54) is 36.4 Å². The monoisotopic (exact) mass is 377 g/mol. The predicted molar refractivity (Wildman–Crippen MR) is 95.0 cm³/mol. The zero-order valence-corrected chi connectivity index (χ0v) is 14.8. The molecule has 2 rings (SSSR count). The van der Waals surface area contributed by atoms with Gasteiger partial charge in [-0.15, -0.1) is 0 Å². The summed E-state index contributed by atoms with van der Waals surface area (Å²) in [5, 5.41) is 9.61. The lowest BCUT2D eigenvalue weighted by Gasteiger charge is -2.10. The van der Waals surface area contributed by atoms with E-state index in [0.717, 1.165) is 0 Å². The molecule has 4 N–H and O–H groups in total. The molecule has 2 aromatic carbocycles. The lowest BCUT2D eigenvalue weighted by molar-refractivity contribution is 0.0845. The van der Waals surface area contributed by atoms with E-state index in [-0.39, 0.29) is 28.3 Å². The number of hydrogen-bond acceptors (Lipinski definition) is 5. The van der Waals surface area contributed by atoms with Crippen molar-refractivity contribution in [3.8, 4) is 5.75 Å². The van der Waals surface area contributed by atoms with Crippen LogP contribution in [0.2, 0.25) is 0 Å². The summed E-state index contributed by atoms with van der Waals surface area (Å²) in [4.78, 5) is 24.1. The number of carbonyl (C=O) groups excluding carboxylic acids is 2. The molecule has 0 aliphatic rings. The summed E-state index contributed by atoms with van der Waals surface area (Å²) < 4.78 is 26.6. The van der Waals surface area contributed by atoms with Crippen LogP contribution in [0.3, 0.4) is 0 Å². The van der Waals surface area contributed by atoms with Gasteiger partial charge >= 0.3 is 0 Å². The van der Waals surface area contributed by atoms with Crippen molar-refractivity contribution in [2.75, 3.05) is 6.54 Å². The molecule has 0 saturated heterocycles. The second-order valence-corrected chi connectivity index (χ2v) is 7.12. The van der Waals surface area contributed by atoms with Gasteiger partial charge in [0.1, 0.15) is 5.75 Å². The highest BCUT2D eigenvalue weighted by atomic mass is 32.2. The van der Waals surface area contributed by atoms with E-state index >= 15 is 0 Å². The van der Waals surface area contributed by atoms with Crippen LogP contribution in [0.1, 0.15) is 34.1 Å². The van der Waals surface area contributed by atoms with E-state index in [4.69, 9.17) is 0 Å². The number of amides is 2. The highest BCUT2D eigenvalue weighted by molar-refractivity contribution is 7.89. The number of hydrogen-bond donors (Lipinski definition) is 4. The zero-order chi connectivity index (χ0) is 19.2. The van der Waals surface area contributed by atoms with E-state index in [9.17, 15) is 23.1 Å². The Hall–Kier alpha value is -2.91. The molecule has 8 nitrogen and oxygen atoms in total. The lowest BCUT2D eigenvalue weighted by atomic mass is 10.2. The van der Waals surface area contributed by atoms with Gasteiger partial charge in [-0.2, -0.15) is 0 Å². The summed E-state index contributed by atoms with van der Waals surface area (Å²) >= 11 is 0. The second-order valence-electron chi connectivity index (χ2n) is 5.35. The molecule has 0 aliphatic carbocycles. The van der Waals surface area contributed by atoms with Crippen LogP contribution in [0, 0.1) is 0 Å². The minimum absolute atomic E-state index is 0.00658. The number of nitrogens with one attached hydrogen (secondary N) is 3. The van der Waals surface area contributed by atoms with Crippen molar-refractivity contribution in [1.29, 1.82) is 0 Å². The molecule has 2 aromatic rings. The van der Waals surface area contributed by atoms with Crippen molar-refractivity contribution < 1.29 is 23.1 Å². The fraction of sp³-hybridized carbons (Fsp3) is 0.176. The summed E-state index contributed by atoms with van der Waals surface area (Å²) in [5.41, 5.74) is 4.40. The molecule has 0 fully saturated rings. The van der Waals surface area contributed by atoms with Crippen LogP contribution in [0.15, 0.2) is 53.4 Å². The zero-order valence-electron chi connectivity index (χ0n) is 14.0. The maximum absolute atomic E-state index is 12.2. The van der Waals surface area contributed by atoms with E-state index in [2.05, 4.69) is 15.6 Å². The largest absolute Gasteiger partial charge is 0.507 e. The summed E-state index contributed by atoms with van der Waals surface area (Å²) in [6.45, 7) is 2.12. The number of para-hydroxylation sites is 1. The molecule has 0 unspecified atom stereocenters. The molecule has 26 heavy (non-hydrogen) atoms. The van der Waals surface area contributed by atoms with E-state index in [1.54, 1.807) is 12.1 Å². The minimum atomic E-state index is -3.71. The summed E-state index contributed by atoms with van der Waals surface area (Å²) in [7, 11) is -3.71. The van der Waals surface area contributed by atoms with Crippen molar-refractivity contribution in [3.63, 3.8) is 0 Å². The molecular weight excluding hydrogens is 358 g/mol. The van der Waals surface area contributed by atoms with Gasteiger partial charge in [0.15, 0.2) is 0 Å². The van der Waals surface area contributed by atoms with Gasteiger partial charge in [-0.25, -0.2) is 13.1 Å². The maximum atomic E-state index is 12.2. The second kappa shape index (κ2) is 8.45. The Morgan fingerprint density at radius 1 is 1.00 bits per heavy atom. The fourth-order valence-electron chi connectivity index (χ4n) is 2.04. The number of sulfonamides is 1. The number of benzene rings is 2. The Labute approximate surface area is 151 Å². The number of phenols is 1. The number of hydrazine groups is 1. The third-order valence-corrected chi connectivity index (χ3v) is 4.85. The van der Waals surface area contributed by atoms with Crippen molar-refractivity contribution in [1.82, 2.24) is 15.6 Å². The minimum Gasteiger partial charge on any atom is -0.507 e. The number of carbonyl (C=O) groups is 2. The van der Waals surface area contributed by atoms with Crippen LogP contribution < -0.4 is 15.6 Å². The molecule has 0 aromatic heterocycles. The van der Waals surface area contributed by atoms with Crippen molar-refractivity contribution >= 4 is 21.8 Å². The van der Waals surface area contributed by atoms with E-state index in [0.29, 0.717) is 6.42 Å². The van der Waals surface area contributed by atoms with E-state index < -0.39 is 21.8 Å². The van der Waals surface area contributed by atoms with Gasteiger partial charge < -0.3 is 5.11 Å². The Morgan fingerprint density at radius 2 is 1.69 bits per heavy atom. The van der Waals surface area contributed by atoms with Crippen LogP contribution in [0.4, 0.5) is 0 Å². The normalized spacial score (nSPS) is 11.0. The van der Waals surface area contributed by atoms with Gasteiger partial charge in [-0.3, -0.25) is 20.4 Å². The van der Waals surface area contributed by atoms with Crippen LogP contribution in [0.5, 0.6) is 5.75 Å². The van der Waals surface area contributed by atoms with Crippen molar-refractivity contribution in [3.05, 3.63) is 59.7 Å². The average molecular weight is 377 g/mol. The van der Waals surface area contributed by atoms with Gasteiger partial charge in [0.25, 0.3) is 11.8 Å². The number of phenolic OH excluding ortho intramolecular Hbond substituents is 1. The fourth-order valence-corrected chi connectivity index (χ4v) is 3.22. The molecule has 0 bridgehead atoms. The van der Waals surface area contributed by atoms with Gasteiger partial charge in [0.2, 0.25) is 10.0 Å². The molecule has 0 saturated carbocycles. The highest BCUT2D eigenvalue weighted by Crippen LogP contribution is 2.15. The molecule has 0 heterocycles. The van der Waals surface area contributed by atoms with Gasteiger partial charge in [0.05, 0.1) is 10.5 Å². The summed E-state index contributed by atoms with van der Waals surface area (Å²) in [5.74, 6) is -1.62. The molecule has 0 aliphatic heterocycles. The van der Waals surface area contributed by atoms with Crippen LogP contribution >= 0.6 is 0 Å². The third kappa shape index (κ3) is 4.80. The number of rotatable bonds is 6. The van der Waals surface area contributed by atoms with Crippen LogP contribution in [0.25, 0.3) is 0 Å². The molecule has 2 amide bonds. The maximum Gasteiger partial charge on any atom is 0.273 e. The van der Waals surface area contributed by atoms with E-state index in [1.807, 2.05) is 6.92 Å². The predicted octanol–water partition coefficient (Wildman–Crippen LogP) is 1.16. The van der Waals surface area contributed by atoms with Crippen LogP contribution in [-0.4, -0.2) is 31.9 Å². The summed E-state index contributed by atoms with van der Waals surface area (Å²) in [6, 6.07) is 11.3. The third-order valence-electron chi connectivity index (χ3n) is 3.39. The standard InChI is InChI=1S/C17H19N3O5S/c1-2-10-18-26(24,25)13-7-5-6-12(11-13)16(22)19-20-17(23)14-8-3-4-9-15(14)21/h3-9,11,18,21H,2,10H2,1H3,(H,19,22)(H,20,23). The van der Waals surface area contributed by atoms with Gasteiger partial charge in [0, 0.05) is 12.1 Å². The SMILES string of the molecule is CCCNS(=O)(=O)c1cccc(C(=O)NNC(=O)c2ccccc2O)c1. The first-order valence-electron chi connectivity index (χ1n) is 7.83. The first kappa shape index (κ1) is 19.4. The van der Waals surface area contributed by atoms with Gasteiger partial charge in [-0.05, 0) is 36.8 Å². The molecule has 0 radical (unpaired) electrons.